The van der Waals surface area contributed by atoms with Crippen LogP contribution in [-0.4, -0.2) is 18.0 Å². The van der Waals surface area contributed by atoms with Gasteiger partial charge in [-0.1, -0.05) is 15.9 Å². The molecule has 0 saturated heterocycles. The molecule has 5 nitrogen and oxygen atoms in total. The fourth-order valence-corrected chi connectivity index (χ4v) is 2.15. The minimum absolute atomic E-state index is 0.235. The predicted molar refractivity (Wildman–Crippen MR) is 75.0 cm³/mol. The molecule has 1 heterocycles. The van der Waals surface area contributed by atoms with E-state index in [1.165, 1.54) is 6.92 Å². The maximum absolute atomic E-state index is 11.1. The maximum Gasteiger partial charge on any atom is 0.222 e. The lowest BCUT2D eigenvalue weighted by Gasteiger charge is -2.10. The van der Waals surface area contributed by atoms with Crippen molar-refractivity contribution in [3.05, 3.63) is 28.2 Å². The highest BCUT2D eigenvalue weighted by molar-refractivity contribution is 9.10. The van der Waals surface area contributed by atoms with Crippen LogP contribution >= 0.6 is 15.9 Å². The van der Waals surface area contributed by atoms with Crippen LogP contribution in [0.1, 0.15) is 12.5 Å². The number of anilines is 1. The molecule has 1 aromatic heterocycles. The average molecular weight is 320 g/mol. The number of amides is 1. The lowest BCUT2D eigenvalue weighted by molar-refractivity contribution is -0.114. The van der Waals surface area contributed by atoms with Crippen LogP contribution in [0.5, 0.6) is 5.75 Å². The van der Waals surface area contributed by atoms with Gasteiger partial charge in [0.25, 0.3) is 0 Å². The van der Waals surface area contributed by atoms with E-state index in [1.807, 2.05) is 12.1 Å². The van der Waals surface area contributed by atoms with E-state index in [2.05, 4.69) is 26.2 Å². The second kappa shape index (κ2) is 5.24. The summed E-state index contributed by atoms with van der Waals surface area (Å²) in [4.78, 5) is 15.4. The zero-order valence-electron chi connectivity index (χ0n) is 10.3. The normalized spacial score (nSPS) is 10.0. The summed E-state index contributed by atoms with van der Waals surface area (Å²) in [6.45, 7) is 1.37. The van der Waals surface area contributed by atoms with Crippen molar-refractivity contribution in [3.63, 3.8) is 0 Å². The number of hydrogen-bond acceptors (Lipinski definition) is 4. The molecule has 1 aromatic carbocycles. The van der Waals surface area contributed by atoms with Crippen molar-refractivity contribution in [2.45, 2.75) is 6.92 Å². The number of nitriles is 1. The molecule has 0 saturated carbocycles. The number of hydrogen-bond donors (Lipinski definition) is 1. The number of methoxy groups -OCH3 is 1. The number of benzene rings is 1. The van der Waals surface area contributed by atoms with E-state index >= 15 is 0 Å². The van der Waals surface area contributed by atoms with Crippen LogP contribution in [0.3, 0.4) is 0 Å². The highest BCUT2D eigenvalue weighted by Crippen LogP contribution is 2.32. The maximum atomic E-state index is 11.1. The van der Waals surface area contributed by atoms with Crippen LogP contribution in [0.15, 0.2) is 22.7 Å². The van der Waals surface area contributed by atoms with Gasteiger partial charge in [-0.15, -0.1) is 0 Å². The fraction of sp³-hybridized carbons (Fsp3) is 0.154. The van der Waals surface area contributed by atoms with Gasteiger partial charge >= 0.3 is 0 Å². The van der Waals surface area contributed by atoms with Crippen LogP contribution in [0.2, 0.25) is 0 Å². The van der Waals surface area contributed by atoms with Gasteiger partial charge in [-0.2, -0.15) is 5.26 Å². The van der Waals surface area contributed by atoms with Gasteiger partial charge in [0.1, 0.15) is 17.3 Å². The van der Waals surface area contributed by atoms with Gasteiger partial charge in [0, 0.05) is 16.8 Å². The first-order chi connectivity index (χ1) is 9.06. The lowest BCUT2D eigenvalue weighted by atomic mass is 10.1. The molecule has 2 aromatic rings. The minimum atomic E-state index is -0.280. The summed E-state index contributed by atoms with van der Waals surface area (Å²) < 4.78 is 6.04. The highest BCUT2D eigenvalue weighted by Gasteiger charge is 2.13. The number of pyridine rings is 1. The zero-order valence-corrected chi connectivity index (χ0v) is 11.9. The Labute approximate surface area is 118 Å². The molecule has 6 heteroatoms. The largest absolute Gasteiger partial charge is 0.494 e. The first-order valence-corrected chi connectivity index (χ1v) is 6.21. The summed E-state index contributed by atoms with van der Waals surface area (Å²) in [5.41, 5.74) is 0.885. The first-order valence-electron chi connectivity index (χ1n) is 5.41. The molecular weight excluding hydrogens is 310 g/mol. The molecule has 0 radical (unpaired) electrons. The molecule has 0 fully saturated rings. The monoisotopic (exact) mass is 319 g/mol. The van der Waals surface area contributed by atoms with Crippen LogP contribution in [-0.2, 0) is 4.79 Å². The molecule has 2 rings (SSSR count). The summed E-state index contributed by atoms with van der Waals surface area (Å²) in [5, 5.41) is 12.4. The topological polar surface area (TPSA) is 75.0 Å². The van der Waals surface area contributed by atoms with Crippen molar-refractivity contribution in [1.29, 1.82) is 5.26 Å². The number of carbonyl (C=O) groups is 1. The molecule has 0 unspecified atom stereocenters. The Morgan fingerprint density at radius 2 is 2.26 bits per heavy atom. The van der Waals surface area contributed by atoms with E-state index in [0.29, 0.717) is 16.8 Å². The summed E-state index contributed by atoms with van der Waals surface area (Å²) in [6.07, 6.45) is 0. The number of nitrogens with zero attached hydrogens (tertiary/aromatic N) is 2. The Balaban J connectivity index is 2.78. The summed E-state index contributed by atoms with van der Waals surface area (Å²) in [7, 11) is 1.54. The minimum Gasteiger partial charge on any atom is -0.494 e. The number of ether oxygens (including phenoxy) is 1. The Hall–Kier alpha value is -2.13. The van der Waals surface area contributed by atoms with Gasteiger partial charge < -0.3 is 10.1 Å². The molecule has 19 heavy (non-hydrogen) atoms. The third-order valence-electron chi connectivity index (χ3n) is 2.53. The van der Waals surface area contributed by atoms with Crippen molar-refractivity contribution in [2.75, 3.05) is 12.4 Å². The Morgan fingerprint density at radius 3 is 2.84 bits per heavy atom. The standard InChI is InChI=1S/C13H10BrN3O2/c1-7(18)16-13-8(6-15)5-9-10(14)3-4-11(19-2)12(9)17-13/h3-5H,1-2H3,(H,16,17,18). The van der Waals surface area contributed by atoms with Gasteiger partial charge in [-0.25, -0.2) is 4.98 Å². The smallest absolute Gasteiger partial charge is 0.222 e. The number of rotatable bonds is 2. The molecule has 0 spiro atoms. The van der Waals surface area contributed by atoms with Crippen molar-refractivity contribution in [3.8, 4) is 11.8 Å². The molecular formula is C13H10BrN3O2. The summed E-state index contributed by atoms with van der Waals surface area (Å²) in [5.74, 6) is 0.533. The first kappa shape index (κ1) is 13.3. The Morgan fingerprint density at radius 1 is 1.53 bits per heavy atom. The van der Waals surface area contributed by atoms with Crippen LogP contribution in [0.4, 0.5) is 5.82 Å². The molecule has 1 N–H and O–H groups in total. The fourth-order valence-electron chi connectivity index (χ4n) is 1.71. The predicted octanol–water partition coefficient (Wildman–Crippen LogP) is 2.84. The van der Waals surface area contributed by atoms with Gasteiger partial charge in [0.2, 0.25) is 5.91 Å². The molecule has 1 amide bonds. The van der Waals surface area contributed by atoms with Crippen molar-refractivity contribution >= 4 is 38.6 Å². The molecule has 0 atom stereocenters. The number of aromatic nitrogens is 1. The van der Waals surface area contributed by atoms with Gasteiger partial charge in [-0.3, -0.25) is 4.79 Å². The van der Waals surface area contributed by atoms with E-state index in [9.17, 15) is 4.79 Å². The van der Waals surface area contributed by atoms with E-state index in [-0.39, 0.29) is 11.7 Å². The number of carbonyl (C=O) groups excluding carboxylic acids is 1. The van der Waals surface area contributed by atoms with Crippen LogP contribution in [0.25, 0.3) is 10.9 Å². The average Bonchev–Trinajstić information content (AvgIpc) is 2.38. The van der Waals surface area contributed by atoms with Crippen molar-refractivity contribution in [1.82, 2.24) is 4.98 Å². The molecule has 0 aliphatic rings. The number of fused-ring (bicyclic) bond motifs is 1. The van der Waals surface area contributed by atoms with Crippen LogP contribution < -0.4 is 10.1 Å². The quantitative estimate of drug-likeness (QED) is 0.923. The van der Waals surface area contributed by atoms with E-state index in [0.717, 1.165) is 9.86 Å². The summed E-state index contributed by atoms with van der Waals surface area (Å²) in [6, 6.07) is 7.27. The number of halogens is 1. The van der Waals surface area contributed by atoms with Crippen molar-refractivity contribution < 1.29 is 9.53 Å². The Bertz CT molecular complexity index is 707. The lowest BCUT2D eigenvalue weighted by Crippen LogP contribution is -2.09. The zero-order chi connectivity index (χ0) is 14.0. The van der Waals surface area contributed by atoms with E-state index in [1.54, 1.807) is 19.2 Å². The van der Waals surface area contributed by atoms with Crippen LogP contribution in [0, 0.1) is 11.3 Å². The third kappa shape index (κ3) is 2.51. The number of nitrogens with one attached hydrogen (secondary N) is 1. The van der Waals surface area contributed by atoms with E-state index < -0.39 is 0 Å². The summed E-state index contributed by atoms with van der Waals surface area (Å²) >= 11 is 3.41. The van der Waals surface area contributed by atoms with Crippen molar-refractivity contribution in [2.24, 2.45) is 0 Å². The van der Waals surface area contributed by atoms with E-state index in [4.69, 9.17) is 10.00 Å². The SMILES string of the molecule is COc1ccc(Br)c2cc(C#N)c(NC(C)=O)nc12. The molecule has 96 valence electrons. The Kier molecular flexibility index (Phi) is 3.67. The second-order valence-electron chi connectivity index (χ2n) is 3.82. The third-order valence-corrected chi connectivity index (χ3v) is 3.22. The molecule has 0 bridgehead atoms. The van der Waals surface area contributed by atoms with Gasteiger partial charge in [-0.05, 0) is 18.2 Å². The van der Waals surface area contributed by atoms with Gasteiger partial charge in [0.05, 0.1) is 12.7 Å². The highest BCUT2D eigenvalue weighted by atomic mass is 79.9. The van der Waals surface area contributed by atoms with Gasteiger partial charge in [0.15, 0.2) is 5.82 Å². The molecule has 0 aliphatic heterocycles. The second-order valence-corrected chi connectivity index (χ2v) is 4.68. The molecule has 0 aliphatic carbocycles.